The molecule has 0 unspecified atom stereocenters. The number of benzene rings is 1. The Kier molecular flexibility index (Phi) is 7.82. The molecular weight excluding hydrogens is 402 g/mol. The number of fused-ring (bicyclic) bond motifs is 1. The van der Waals surface area contributed by atoms with Crippen molar-refractivity contribution < 1.29 is 19.7 Å². The van der Waals surface area contributed by atoms with Crippen LogP contribution < -0.4 is 0 Å². The summed E-state index contributed by atoms with van der Waals surface area (Å²) < 4.78 is 5.32. The summed E-state index contributed by atoms with van der Waals surface area (Å²) in [6.45, 7) is 4.79. The Bertz CT molecular complexity index is 842. The molecule has 5 nitrogen and oxygen atoms in total. The predicted molar refractivity (Wildman–Crippen MR) is 125 cm³/mol. The first-order valence-electron chi connectivity index (χ1n) is 12.1. The lowest BCUT2D eigenvalue weighted by atomic mass is 9.88. The third-order valence-electron chi connectivity index (χ3n) is 7.29. The molecule has 5 heteroatoms. The Morgan fingerprint density at radius 1 is 1.31 bits per heavy atom. The molecule has 0 radical (unpaired) electrons. The molecule has 2 fully saturated rings. The van der Waals surface area contributed by atoms with Crippen molar-refractivity contribution in [2.45, 2.75) is 57.7 Å². The topological polar surface area (TPSA) is 70.0 Å². The third kappa shape index (κ3) is 5.89. The van der Waals surface area contributed by atoms with Crippen LogP contribution in [0.4, 0.5) is 0 Å². The standard InChI is InChI=1S/C27H37NO4/c1-19-4-2-5-20(14-19)16-23(29)8-9-24-25-17-21(15-22(25)18-26(24)30)6-3-7-27(31)28-10-12-32-13-11-28/h2,4-5,8-9,14-15,22-26,29-30H,3,6-7,10-13,16-18H2,1H3/b9-8+/t22-,23-,24+,25-,26+/m0/s1. The molecule has 4 rings (SSSR count). The second-order valence-electron chi connectivity index (χ2n) is 9.73. The molecule has 1 aromatic carbocycles. The van der Waals surface area contributed by atoms with Gasteiger partial charge < -0.3 is 19.8 Å². The molecule has 3 aliphatic rings. The van der Waals surface area contributed by atoms with Crippen LogP contribution in [0.25, 0.3) is 0 Å². The SMILES string of the molecule is Cc1cccc(C[C@@H](O)/C=C/[C@@H]2[C@H]3CC(CCCC(=O)N4CCOCC4)=C[C@H]3C[C@H]2O)c1. The van der Waals surface area contributed by atoms with Gasteiger partial charge in [-0.15, -0.1) is 0 Å². The Morgan fingerprint density at radius 3 is 2.91 bits per heavy atom. The van der Waals surface area contributed by atoms with Gasteiger partial charge in [0.15, 0.2) is 0 Å². The summed E-state index contributed by atoms with van der Waals surface area (Å²) in [7, 11) is 0. The molecule has 2 aliphatic carbocycles. The quantitative estimate of drug-likeness (QED) is 0.609. The average molecular weight is 440 g/mol. The van der Waals surface area contributed by atoms with Crippen LogP contribution in [0.5, 0.6) is 0 Å². The molecule has 0 spiro atoms. The zero-order valence-electron chi connectivity index (χ0n) is 19.2. The monoisotopic (exact) mass is 439 g/mol. The van der Waals surface area contributed by atoms with Gasteiger partial charge in [-0.1, -0.05) is 53.6 Å². The maximum absolute atomic E-state index is 12.3. The van der Waals surface area contributed by atoms with Crippen LogP contribution in [0.3, 0.4) is 0 Å². The van der Waals surface area contributed by atoms with Crippen LogP contribution >= 0.6 is 0 Å². The average Bonchev–Trinajstić information content (AvgIpc) is 3.29. The summed E-state index contributed by atoms with van der Waals surface area (Å²) in [5, 5.41) is 21.1. The number of allylic oxidation sites excluding steroid dienone is 2. The first kappa shape index (κ1) is 23.2. The first-order valence-corrected chi connectivity index (χ1v) is 12.1. The summed E-state index contributed by atoms with van der Waals surface area (Å²) in [5.41, 5.74) is 3.76. The van der Waals surface area contributed by atoms with Crippen molar-refractivity contribution in [3.8, 4) is 0 Å². The fourth-order valence-electron chi connectivity index (χ4n) is 5.63. The summed E-state index contributed by atoms with van der Waals surface area (Å²) in [6.07, 6.45) is 10.2. The van der Waals surface area contributed by atoms with Gasteiger partial charge >= 0.3 is 0 Å². The number of carbonyl (C=O) groups is 1. The van der Waals surface area contributed by atoms with E-state index in [1.165, 1.54) is 11.1 Å². The van der Waals surface area contributed by atoms with E-state index in [-0.39, 0.29) is 17.9 Å². The van der Waals surface area contributed by atoms with Gasteiger partial charge in [-0.05, 0) is 50.0 Å². The molecule has 1 saturated heterocycles. The second kappa shape index (κ2) is 10.8. The summed E-state index contributed by atoms with van der Waals surface area (Å²) in [5.74, 6) is 1.16. The molecule has 174 valence electrons. The molecule has 0 bridgehead atoms. The molecule has 1 aliphatic heterocycles. The molecule has 1 saturated carbocycles. The van der Waals surface area contributed by atoms with Crippen LogP contribution in [-0.4, -0.2) is 59.5 Å². The van der Waals surface area contributed by atoms with Gasteiger partial charge in [0, 0.05) is 31.8 Å². The lowest BCUT2D eigenvalue weighted by molar-refractivity contribution is -0.135. The Morgan fingerprint density at radius 2 is 2.12 bits per heavy atom. The van der Waals surface area contributed by atoms with Crippen molar-refractivity contribution in [3.63, 3.8) is 0 Å². The number of morpholine rings is 1. The van der Waals surface area contributed by atoms with E-state index in [2.05, 4.69) is 31.2 Å². The zero-order valence-corrected chi connectivity index (χ0v) is 19.2. The number of aliphatic hydroxyl groups excluding tert-OH is 2. The minimum Gasteiger partial charge on any atom is -0.392 e. The van der Waals surface area contributed by atoms with Crippen LogP contribution in [0.15, 0.2) is 48.1 Å². The number of amides is 1. The third-order valence-corrected chi connectivity index (χ3v) is 7.29. The largest absolute Gasteiger partial charge is 0.392 e. The van der Waals surface area contributed by atoms with Crippen LogP contribution in [0.1, 0.15) is 43.2 Å². The van der Waals surface area contributed by atoms with E-state index in [0.29, 0.717) is 51.0 Å². The van der Waals surface area contributed by atoms with E-state index < -0.39 is 6.10 Å². The molecular formula is C27H37NO4. The maximum atomic E-state index is 12.3. The van der Waals surface area contributed by atoms with Crippen LogP contribution in [0, 0.1) is 24.7 Å². The highest BCUT2D eigenvalue weighted by molar-refractivity contribution is 5.76. The number of aliphatic hydroxyl groups is 2. The number of nitrogens with zero attached hydrogens (tertiary/aromatic N) is 1. The summed E-state index contributed by atoms with van der Waals surface area (Å²) in [6, 6.07) is 8.23. The van der Waals surface area contributed by atoms with E-state index in [1.54, 1.807) is 0 Å². The number of hydrogen-bond donors (Lipinski definition) is 2. The van der Waals surface area contributed by atoms with Gasteiger partial charge in [-0.3, -0.25) is 4.79 Å². The van der Waals surface area contributed by atoms with E-state index >= 15 is 0 Å². The fraction of sp³-hybridized carbons (Fsp3) is 0.593. The Labute approximate surface area is 191 Å². The van der Waals surface area contributed by atoms with Crippen molar-refractivity contribution >= 4 is 5.91 Å². The molecule has 1 heterocycles. The van der Waals surface area contributed by atoms with E-state index in [1.807, 2.05) is 23.1 Å². The fourth-order valence-corrected chi connectivity index (χ4v) is 5.63. The zero-order chi connectivity index (χ0) is 22.5. The Balaban J connectivity index is 1.24. The van der Waals surface area contributed by atoms with Crippen molar-refractivity contribution in [1.29, 1.82) is 0 Å². The summed E-state index contributed by atoms with van der Waals surface area (Å²) >= 11 is 0. The molecule has 32 heavy (non-hydrogen) atoms. The van der Waals surface area contributed by atoms with Crippen LogP contribution in [0.2, 0.25) is 0 Å². The van der Waals surface area contributed by atoms with Crippen molar-refractivity contribution in [2.75, 3.05) is 26.3 Å². The lowest BCUT2D eigenvalue weighted by Crippen LogP contribution is -2.40. The minimum atomic E-state index is -0.539. The summed E-state index contributed by atoms with van der Waals surface area (Å²) in [4.78, 5) is 14.3. The van der Waals surface area contributed by atoms with Gasteiger partial charge in [0.2, 0.25) is 5.91 Å². The first-order chi connectivity index (χ1) is 15.5. The molecule has 5 atom stereocenters. The lowest BCUT2D eigenvalue weighted by Gasteiger charge is -2.26. The van der Waals surface area contributed by atoms with Crippen molar-refractivity contribution in [1.82, 2.24) is 4.90 Å². The van der Waals surface area contributed by atoms with E-state index in [0.717, 1.165) is 31.2 Å². The molecule has 1 amide bonds. The van der Waals surface area contributed by atoms with Gasteiger partial charge in [-0.25, -0.2) is 0 Å². The number of rotatable bonds is 8. The second-order valence-corrected chi connectivity index (χ2v) is 9.73. The van der Waals surface area contributed by atoms with Crippen molar-refractivity contribution in [3.05, 3.63) is 59.2 Å². The van der Waals surface area contributed by atoms with Gasteiger partial charge in [0.25, 0.3) is 0 Å². The highest BCUT2D eigenvalue weighted by atomic mass is 16.5. The number of hydrogen-bond acceptors (Lipinski definition) is 4. The predicted octanol–water partition coefficient (Wildman–Crippen LogP) is 3.43. The molecule has 1 aromatic rings. The van der Waals surface area contributed by atoms with Gasteiger partial charge in [0.1, 0.15) is 0 Å². The Hall–Kier alpha value is -1.95. The van der Waals surface area contributed by atoms with Gasteiger partial charge in [-0.2, -0.15) is 0 Å². The number of aryl methyl sites for hydroxylation is 1. The highest BCUT2D eigenvalue weighted by Crippen LogP contribution is 2.48. The molecule has 0 aromatic heterocycles. The molecule has 2 N–H and O–H groups in total. The van der Waals surface area contributed by atoms with E-state index in [9.17, 15) is 15.0 Å². The minimum absolute atomic E-state index is 0.0934. The smallest absolute Gasteiger partial charge is 0.222 e. The van der Waals surface area contributed by atoms with Crippen LogP contribution in [-0.2, 0) is 16.0 Å². The maximum Gasteiger partial charge on any atom is 0.222 e. The van der Waals surface area contributed by atoms with Gasteiger partial charge in [0.05, 0.1) is 25.4 Å². The number of ether oxygens (including phenoxy) is 1. The highest BCUT2D eigenvalue weighted by Gasteiger charge is 2.43. The number of carbonyl (C=O) groups excluding carboxylic acids is 1. The normalized spacial score (nSPS) is 28.7. The van der Waals surface area contributed by atoms with E-state index in [4.69, 9.17) is 4.74 Å². The van der Waals surface area contributed by atoms with Crippen molar-refractivity contribution in [2.24, 2.45) is 17.8 Å².